The molecule has 5 nitrogen and oxygen atoms in total. The quantitative estimate of drug-likeness (QED) is 0.868. The standard InChI is InChI=1S/C12H13N3O2/c1-15-5-8(4-9(16)17)10-11(7-2-3-7)13-6-14-12(10)15/h5-7H,2-4H2,1H3,(H,16,17). The number of aliphatic carboxylic acids is 1. The molecule has 1 fully saturated rings. The van der Waals surface area contributed by atoms with Gasteiger partial charge in [-0.3, -0.25) is 4.79 Å². The van der Waals surface area contributed by atoms with Gasteiger partial charge in [-0.25, -0.2) is 9.97 Å². The largest absolute Gasteiger partial charge is 0.481 e. The van der Waals surface area contributed by atoms with Gasteiger partial charge in [0.2, 0.25) is 0 Å². The first kappa shape index (κ1) is 10.3. The van der Waals surface area contributed by atoms with Crippen LogP contribution in [0, 0.1) is 0 Å². The average Bonchev–Trinajstić information content (AvgIpc) is 3.06. The van der Waals surface area contributed by atoms with Gasteiger partial charge in [-0.15, -0.1) is 0 Å². The number of carboxylic acid groups (broad SMARTS) is 1. The van der Waals surface area contributed by atoms with Crippen LogP contribution in [-0.4, -0.2) is 25.6 Å². The monoisotopic (exact) mass is 231 g/mol. The minimum absolute atomic E-state index is 0.0322. The molecule has 2 aromatic rings. The average molecular weight is 231 g/mol. The lowest BCUT2D eigenvalue weighted by Gasteiger charge is -2.01. The van der Waals surface area contributed by atoms with Crippen LogP contribution >= 0.6 is 0 Å². The van der Waals surface area contributed by atoms with Crippen molar-refractivity contribution in [2.24, 2.45) is 7.05 Å². The highest BCUT2D eigenvalue weighted by Crippen LogP contribution is 2.42. The summed E-state index contributed by atoms with van der Waals surface area (Å²) in [6.07, 6.45) is 5.74. The highest BCUT2D eigenvalue weighted by atomic mass is 16.4. The van der Waals surface area contributed by atoms with Crippen molar-refractivity contribution in [3.05, 3.63) is 23.8 Å². The second-order valence-electron chi connectivity index (χ2n) is 4.57. The van der Waals surface area contributed by atoms with Crippen molar-refractivity contribution in [2.75, 3.05) is 0 Å². The lowest BCUT2D eigenvalue weighted by Crippen LogP contribution is -2.00. The van der Waals surface area contributed by atoms with E-state index in [1.807, 2.05) is 17.8 Å². The topological polar surface area (TPSA) is 68.0 Å². The van der Waals surface area contributed by atoms with Crippen LogP contribution in [0.25, 0.3) is 11.0 Å². The van der Waals surface area contributed by atoms with Crippen LogP contribution in [-0.2, 0) is 18.3 Å². The van der Waals surface area contributed by atoms with E-state index in [0.717, 1.165) is 35.1 Å². The number of aryl methyl sites for hydroxylation is 1. The molecule has 0 unspecified atom stereocenters. The molecule has 1 aliphatic carbocycles. The molecule has 0 radical (unpaired) electrons. The Labute approximate surface area is 98.1 Å². The zero-order valence-corrected chi connectivity index (χ0v) is 9.55. The third-order valence-electron chi connectivity index (χ3n) is 3.17. The van der Waals surface area contributed by atoms with Crippen molar-refractivity contribution in [1.82, 2.24) is 14.5 Å². The van der Waals surface area contributed by atoms with Gasteiger partial charge in [0.1, 0.15) is 12.0 Å². The van der Waals surface area contributed by atoms with Crippen molar-refractivity contribution in [1.29, 1.82) is 0 Å². The Balaban J connectivity index is 2.23. The van der Waals surface area contributed by atoms with Gasteiger partial charge >= 0.3 is 5.97 Å². The Bertz CT molecular complexity index is 599. The molecule has 0 amide bonds. The zero-order chi connectivity index (χ0) is 12.0. The Morgan fingerprint density at radius 3 is 2.94 bits per heavy atom. The molecule has 0 atom stereocenters. The first-order valence-corrected chi connectivity index (χ1v) is 5.67. The van der Waals surface area contributed by atoms with Crippen LogP contribution in [0.3, 0.4) is 0 Å². The van der Waals surface area contributed by atoms with Crippen molar-refractivity contribution in [3.8, 4) is 0 Å². The minimum Gasteiger partial charge on any atom is -0.481 e. The van der Waals surface area contributed by atoms with E-state index in [4.69, 9.17) is 5.11 Å². The maximum absolute atomic E-state index is 10.9. The molecule has 1 aliphatic rings. The molecule has 0 bridgehead atoms. The molecule has 1 saturated carbocycles. The van der Waals surface area contributed by atoms with E-state index in [-0.39, 0.29) is 6.42 Å². The molecule has 2 aromatic heterocycles. The lowest BCUT2D eigenvalue weighted by molar-refractivity contribution is -0.136. The van der Waals surface area contributed by atoms with E-state index in [1.54, 1.807) is 6.33 Å². The minimum atomic E-state index is -0.817. The number of hydrogen-bond donors (Lipinski definition) is 1. The van der Waals surface area contributed by atoms with Crippen LogP contribution in [0.2, 0.25) is 0 Å². The summed E-state index contributed by atoms with van der Waals surface area (Å²) in [5, 5.41) is 9.88. The molecule has 3 rings (SSSR count). The third kappa shape index (κ3) is 1.67. The normalized spacial score (nSPS) is 15.4. The molecule has 2 heterocycles. The molecule has 0 spiro atoms. The van der Waals surface area contributed by atoms with Crippen molar-refractivity contribution >= 4 is 17.0 Å². The molecule has 0 aromatic carbocycles. The van der Waals surface area contributed by atoms with Gasteiger partial charge in [-0.05, 0) is 18.4 Å². The van der Waals surface area contributed by atoms with Crippen molar-refractivity contribution in [3.63, 3.8) is 0 Å². The van der Waals surface area contributed by atoms with E-state index in [9.17, 15) is 4.79 Å². The first-order valence-electron chi connectivity index (χ1n) is 5.67. The predicted molar refractivity (Wildman–Crippen MR) is 61.8 cm³/mol. The number of hydrogen-bond acceptors (Lipinski definition) is 3. The van der Waals surface area contributed by atoms with Crippen LogP contribution < -0.4 is 0 Å². The number of rotatable bonds is 3. The Hall–Kier alpha value is -1.91. The van der Waals surface area contributed by atoms with Gasteiger partial charge in [0.05, 0.1) is 12.1 Å². The number of nitrogens with zero attached hydrogens (tertiary/aromatic N) is 3. The number of aromatic nitrogens is 3. The van der Waals surface area contributed by atoms with E-state index in [0.29, 0.717) is 5.92 Å². The third-order valence-corrected chi connectivity index (χ3v) is 3.17. The summed E-state index contributed by atoms with van der Waals surface area (Å²) in [7, 11) is 1.89. The van der Waals surface area contributed by atoms with E-state index in [1.165, 1.54) is 0 Å². The molecule has 0 aliphatic heterocycles. The second kappa shape index (κ2) is 3.55. The molecule has 88 valence electrons. The molecular formula is C12H13N3O2. The molecule has 0 saturated heterocycles. The SMILES string of the molecule is Cn1cc(CC(=O)O)c2c(C3CC3)ncnc21. The summed E-state index contributed by atoms with van der Waals surface area (Å²) in [5.74, 6) is -0.321. The smallest absolute Gasteiger partial charge is 0.307 e. The Kier molecular flexibility index (Phi) is 2.14. The fourth-order valence-electron chi connectivity index (χ4n) is 2.29. The summed E-state index contributed by atoms with van der Waals surface area (Å²) in [5.41, 5.74) is 2.67. The van der Waals surface area contributed by atoms with Gasteiger partial charge in [0.25, 0.3) is 0 Å². The van der Waals surface area contributed by atoms with Crippen LogP contribution in [0.4, 0.5) is 0 Å². The van der Waals surface area contributed by atoms with Crippen LogP contribution in [0.1, 0.15) is 30.0 Å². The van der Waals surface area contributed by atoms with E-state index < -0.39 is 5.97 Å². The first-order chi connectivity index (χ1) is 8.16. The Morgan fingerprint density at radius 1 is 1.53 bits per heavy atom. The number of fused-ring (bicyclic) bond motifs is 1. The summed E-state index contributed by atoms with van der Waals surface area (Å²) >= 11 is 0. The van der Waals surface area contributed by atoms with Crippen LogP contribution in [0.15, 0.2) is 12.5 Å². The second-order valence-corrected chi connectivity index (χ2v) is 4.57. The lowest BCUT2D eigenvalue weighted by atomic mass is 10.1. The van der Waals surface area contributed by atoms with Crippen LogP contribution in [0.5, 0.6) is 0 Å². The number of carbonyl (C=O) groups is 1. The fourth-order valence-corrected chi connectivity index (χ4v) is 2.29. The molecule has 1 N–H and O–H groups in total. The van der Waals surface area contributed by atoms with Gasteiger partial charge in [0, 0.05) is 24.5 Å². The number of carboxylic acids is 1. The summed E-state index contributed by atoms with van der Waals surface area (Å²) in [6, 6.07) is 0. The maximum atomic E-state index is 10.9. The summed E-state index contributed by atoms with van der Waals surface area (Å²) in [4.78, 5) is 19.4. The van der Waals surface area contributed by atoms with E-state index >= 15 is 0 Å². The molecule has 17 heavy (non-hydrogen) atoms. The predicted octanol–water partition coefficient (Wildman–Crippen LogP) is 1.47. The highest BCUT2D eigenvalue weighted by Gasteiger charge is 2.29. The molecule has 5 heteroatoms. The van der Waals surface area contributed by atoms with Crippen molar-refractivity contribution in [2.45, 2.75) is 25.2 Å². The van der Waals surface area contributed by atoms with Gasteiger partial charge in [-0.1, -0.05) is 0 Å². The maximum Gasteiger partial charge on any atom is 0.307 e. The summed E-state index contributed by atoms with van der Waals surface area (Å²) < 4.78 is 1.88. The van der Waals surface area contributed by atoms with Gasteiger partial charge in [0.15, 0.2) is 0 Å². The fraction of sp³-hybridized carbons (Fsp3) is 0.417. The zero-order valence-electron chi connectivity index (χ0n) is 9.55. The van der Waals surface area contributed by atoms with Gasteiger partial charge < -0.3 is 9.67 Å². The Morgan fingerprint density at radius 2 is 2.29 bits per heavy atom. The summed E-state index contributed by atoms with van der Waals surface area (Å²) in [6.45, 7) is 0. The highest BCUT2D eigenvalue weighted by molar-refractivity contribution is 5.87. The van der Waals surface area contributed by atoms with Crippen molar-refractivity contribution < 1.29 is 9.90 Å². The molecular weight excluding hydrogens is 218 g/mol. The van der Waals surface area contributed by atoms with E-state index in [2.05, 4.69) is 9.97 Å². The van der Waals surface area contributed by atoms with Gasteiger partial charge in [-0.2, -0.15) is 0 Å².